The summed E-state index contributed by atoms with van der Waals surface area (Å²) < 4.78 is 0. The van der Waals surface area contributed by atoms with E-state index in [1.54, 1.807) is 25.1 Å². The molecule has 3 unspecified atom stereocenters. The minimum absolute atomic E-state index is 0.166. The Balaban J connectivity index is 1.59. The average molecular weight is 640 g/mol. The minimum Gasteiger partial charge on any atom is -0.354 e. The number of benzene rings is 3. The third-order valence-electron chi connectivity index (χ3n) is 9.75. The summed E-state index contributed by atoms with van der Waals surface area (Å²) in [6.45, 7) is 5.76. The Kier molecular flexibility index (Phi) is 12.7. The van der Waals surface area contributed by atoms with Gasteiger partial charge in [0.15, 0.2) is 0 Å². The molecule has 8 heteroatoms. The van der Waals surface area contributed by atoms with Crippen LogP contribution in [-0.2, 0) is 27.2 Å². The molecule has 1 fully saturated rings. The van der Waals surface area contributed by atoms with Gasteiger partial charge < -0.3 is 25.3 Å². The van der Waals surface area contributed by atoms with Gasteiger partial charge in [0.2, 0.25) is 17.7 Å². The van der Waals surface area contributed by atoms with Crippen LogP contribution >= 0.6 is 0 Å². The third kappa shape index (κ3) is 9.99. The third-order valence-corrected chi connectivity index (χ3v) is 9.75. The number of carbonyl (C=O) groups excluding carboxylic acids is 3. The van der Waals surface area contributed by atoms with E-state index in [4.69, 9.17) is 0 Å². The number of carbonyl (C=O) groups is 3. The molecule has 8 nitrogen and oxygen atoms in total. The fraction of sp³-hybridized carbons (Fsp3) is 0.462. The van der Waals surface area contributed by atoms with Gasteiger partial charge in [-0.1, -0.05) is 78.9 Å². The van der Waals surface area contributed by atoms with Gasteiger partial charge in [-0.15, -0.1) is 0 Å². The number of nitrogens with one attached hydrogen (secondary N) is 2. The van der Waals surface area contributed by atoms with E-state index in [0.29, 0.717) is 31.8 Å². The molecule has 3 aromatic carbocycles. The van der Waals surface area contributed by atoms with Crippen LogP contribution in [0.25, 0.3) is 10.8 Å². The molecule has 0 saturated carbocycles. The Morgan fingerprint density at radius 3 is 2.28 bits per heavy atom. The highest BCUT2D eigenvalue weighted by molar-refractivity contribution is 5.95. The summed E-state index contributed by atoms with van der Waals surface area (Å²) >= 11 is 0. The maximum atomic E-state index is 14.5. The summed E-state index contributed by atoms with van der Waals surface area (Å²) in [6, 6.07) is 22.9. The first-order chi connectivity index (χ1) is 22.5. The van der Waals surface area contributed by atoms with Crippen LogP contribution in [0, 0.1) is 0 Å². The Bertz CT molecular complexity index is 1520. The average Bonchev–Trinajstić information content (AvgIpc) is 3.49. The predicted molar refractivity (Wildman–Crippen MR) is 191 cm³/mol. The zero-order valence-electron chi connectivity index (χ0n) is 29.0. The molecule has 4 rings (SSSR count). The number of nitrogens with zero attached hydrogens (tertiary/aromatic N) is 3. The van der Waals surface area contributed by atoms with E-state index < -0.39 is 12.1 Å². The monoisotopic (exact) mass is 639 g/mol. The molecule has 2 N–H and O–H groups in total. The second-order valence-corrected chi connectivity index (χ2v) is 13.6. The van der Waals surface area contributed by atoms with E-state index in [1.807, 2.05) is 73.8 Å². The van der Waals surface area contributed by atoms with Crippen molar-refractivity contribution >= 4 is 28.5 Å². The van der Waals surface area contributed by atoms with Crippen molar-refractivity contribution < 1.29 is 14.4 Å². The van der Waals surface area contributed by atoms with Crippen molar-refractivity contribution in [1.82, 2.24) is 25.3 Å². The molecule has 1 heterocycles. The van der Waals surface area contributed by atoms with Gasteiger partial charge in [-0.2, -0.15) is 0 Å². The van der Waals surface area contributed by atoms with Crippen LogP contribution in [0.1, 0.15) is 50.7 Å². The maximum absolute atomic E-state index is 14.5. The Morgan fingerprint density at radius 2 is 1.60 bits per heavy atom. The van der Waals surface area contributed by atoms with Gasteiger partial charge in [-0.05, 0) is 88.1 Å². The molecule has 1 saturated heterocycles. The van der Waals surface area contributed by atoms with Crippen molar-refractivity contribution in [2.24, 2.45) is 0 Å². The number of fused-ring (bicyclic) bond motifs is 1. The summed E-state index contributed by atoms with van der Waals surface area (Å²) in [5.74, 6) is -0.711. The van der Waals surface area contributed by atoms with Gasteiger partial charge in [0.25, 0.3) is 0 Å². The van der Waals surface area contributed by atoms with Crippen LogP contribution in [0.15, 0.2) is 84.9 Å². The van der Waals surface area contributed by atoms with Crippen molar-refractivity contribution in [3.8, 4) is 0 Å². The number of hydrogen-bond acceptors (Lipinski definition) is 5. The van der Waals surface area contributed by atoms with E-state index >= 15 is 0 Å². The molecule has 0 bridgehead atoms. The lowest BCUT2D eigenvalue weighted by molar-refractivity contribution is -0.146. The van der Waals surface area contributed by atoms with Crippen LogP contribution in [-0.4, -0.2) is 97.4 Å². The van der Waals surface area contributed by atoms with E-state index in [9.17, 15) is 14.4 Å². The fourth-order valence-electron chi connectivity index (χ4n) is 6.26. The normalized spacial score (nSPS) is 16.7. The van der Waals surface area contributed by atoms with Crippen molar-refractivity contribution in [3.05, 3.63) is 96.1 Å². The second kappa shape index (κ2) is 16.7. The largest absolute Gasteiger partial charge is 0.354 e. The summed E-state index contributed by atoms with van der Waals surface area (Å²) in [4.78, 5) is 47.3. The van der Waals surface area contributed by atoms with Gasteiger partial charge in [-0.25, -0.2) is 0 Å². The zero-order valence-corrected chi connectivity index (χ0v) is 29.0. The zero-order chi connectivity index (χ0) is 34.0. The Morgan fingerprint density at radius 1 is 0.915 bits per heavy atom. The Labute approximate surface area is 281 Å². The molecular weight excluding hydrogens is 586 g/mol. The van der Waals surface area contributed by atoms with Gasteiger partial charge in [0, 0.05) is 45.1 Å². The highest BCUT2D eigenvalue weighted by Gasteiger charge is 2.35. The summed E-state index contributed by atoms with van der Waals surface area (Å²) in [6.07, 6.45) is 7.93. The van der Waals surface area contributed by atoms with E-state index in [2.05, 4.69) is 48.6 Å². The molecule has 47 heavy (non-hydrogen) atoms. The first kappa shape index (κ1) is 35.8. The number of rotatable bonds is 15. The van der Waals surface area contributed by atoms with Gasteiger partial charge in [-0.3, -0.25) is 14.4 Å². The standard InChI is InChI=1S/C39H53N5O3/c1-39(2,40-3)23-12-19-36(45)43(5)35(28-30-20-21-31-16-10-11-17-32(31)26-30)38(47)44(6)34(27-29-14-8-7-9-15-29)37(46)41-24-22-33-18-13-25-42(33)4/h7-12,14-17,19-21,26,33-35,40H,13,18,22-25,27-28H2,1-6H3,(H,41,46)/b19-12+. The topological polar surface area (TPSA) is 85.0 Å². The molecule has 0 aliphatic carbocycles. The van der Waals surface area contributed by atoms with E-state index in [-0.39, 0.29) is 23.3 Å². The highest BCUT2D eigenvalue weighted by atomic mass is 16.2. The van der Waals surface area contributed by atoms with Gasteiger partial charge in [0.1, 0.15) is 12.1 Å². The number of likely N-dealkylation sites (N-methyl/N-ethyl adjacent to an activating group) is 2. The van der Waals surface area contributed by atoms with Crippen molar-refractivity contribution in [3.63, 3.8) is 0 Å². The molecule has 1 aliphatic rings. The van der Waals surface area contributed by atoms with Gasteiger partial charge >= 0.3 is 0 Å². The molecular formula is C39H53N5O3. The number of likely N-dealkylation sites (tertiary alicyclic amines) is 1. The maximum Gasteiger partial charge on any atom is 0.246 e. The summed E-state index contributed by atoms with van der Waals surface area (Å²) in [5.41, 5.74) is 1.75. The first-order valence-electron chi connectivity index (χ1n) is 16.9. The predicted octanol–water partition coefficient (Wildman–Crippen LogP) is 4.82. The smallest absolute Gasteiger partial charge is 0.246 e. The minimum atomic E-state index is -0.811. The van der Waals surface area contributed by atoms with Crippen LogP contribution in [0.3, 0.4) is 0 Å². The van der Waals surface area contributed by atoms with Crippen molar-refractivity contribution in [2.75, 3.05) is 41.3 Å². The molecule has 3 amide bonds. The summed E-state index contributed by atoms with van der Waals surface area (Å²) in [7, 11) is 7.40. The first-order valence-corrected chi connectivity index (χ1v) is 16.9. The highest BCUT2D eigenvalue weighted by Crippen LogP contribution is 2.21. The lowest BCUT2D eigenvalue weighted by Gasteiger charge is -2.34. The summed E-state index contributed by atoms with van der Waals surface area (Å²) in [5, 5.41) is 8.56. The van der Waals surface area contributed by atoms with E-state index in [1.165, 1.54) is 11.3 Å². The SMILES string of the molecule is CNC(C)(C)C/C=C/C(=O)N(C)C(Cc1ccc2ccccc2c1)C(=O)N(C)C(Cc1ccccc1)C(=O)NCCC1CCCN1C. The lowest BCUT2D eigenvalue weighted by Crippen LogP contribution is -2.56. The van der Waals surface area contributed by atoms with Crippen molar-refractivity contribution in [1.29, 1.82) is 0 Å². The number of hydrogen-bond donors (Lipinski definition) is 2. The fourth-order valence-corrected chi connectivity index (χ4v) is 6.26. The molecule has 0 aromatic heterocycles. The van der Waals surface area contributed by atoms with Crippen LogP contribution < -0.4 is 10.6 Å². The molecule has 252 valence electrons. The molecule has 3 atom stereocenters. The van der Waals surface area contributed by atoms with E-state index in [0.717, 1.165) is 41.3 Å². The molecule has 1 aliphatic heterocycles. The quantitative estimate of drug-likeness (QED) is 0.233. The Hall–Kier alpha value is -4.01. The van der Waals surface area contributed by atoms with Gasteiger partial charge in [0.05, 0.1) is 0 Å². The van der Waals surface area contributed by atoms with Crippen LogP contribution in [0.4, 0.5) is 0 Å². The lowest BCUT2D eigenvalue weighted by atomic mass is 9.98. The molecule has 3 aromatic rings. The molecule has 0 radical (unpaired) electrons. The second-order valence-electron chi connectivity index (χ2n) is 13.6. The van der Waals surface area contributed by atoms with Crippen molar-refractivity contribution in [2.45, 2.75) is 76.0 Å². The van der Waals surface area contributed by atoms with Crippen LogP contribution in [0.5, 0.6) is 0 Å². The van der Waals surface area contributed by atoms with Crippen LogP contribution in [0.2, 0.25) is 0 Å². The number of amides is 3. The molecule has 0 spiro atoms.